The van der Waals surface area contributed by atoms with Crippen LogP contribution in [0.3, 0.4) is 0 Å². The van der Waals surface area contributed by atoms with Crippen LogP contribution in [0.1, 0.15) is 49.3 Å². The Labute approximate surface area is 165 Å². The summed E-state index contributed by atoms with van der Waals surface area (Å²) in [5.41, 5.74) is 17.7. The van der Waals surface area contributed by atoms with Crippen LogP contribution in [0.4, 0.5) is 11.6 Å². The van der Waals surface area contributed by atoms with Crippen molar-refractivity contribution in [1.82, 2.24) is 9.97 Å². The summed E-state index contributed by atoms with van der Waals surface area (Å²) in [4.78, 5) is 9.15. The van der Waals surface area contributed by atoms with Crippen LogP contribution in [-0.2, 0) is 6.42 Å². The number of pyridine rings is 2. The standard InChI is InChI=1S/C24H26N4/c1-14(2)19-13-18-11-16(8-9-22(18)28-23(19)25)10-15(3)20-12-17-6-4-5-7-21(17)27-24(20)26/h4-9,11-15H,10H2,1-3H3,(H2,25,28)(H2,26,27). The van der Waals surface area contributed by atoms with Crippen molar-refractivity contribution in [2.45, 2.75) is 39.0 Å². The fourth-order valence-corrected chi connectivity index (χ4v) is 3.85. The van der Waals surface area contributed by atoms with Crippen molar-refractivity contribution >= 4 is 33.4 Å². The van der Waals surface area contributed by atoms with Crippen LogP contribution in [0.2, 0.25) is 0 Å². The molecule has 2 aromatic heterocycles. The number of hydrogen-bond donors (Lipinski definition) is 2. The second-order valence-electron chi connectivity index (χ2n) is 7.91. The minimum absolute atomic E-state index is 0.265. The Balaban J connectivity index is 1.67. The fourth-order valence-electron chi connectivity index (χ4n) is 3.85. The lowest BCUT2D eigenvalue weighted by Gasteiger charge is -2.16. The number of benzene rings is 2. The van der Waals surface area contributed by atoms with Gasteiger partial charge in [0.2, 0.25) is 0 Å². The zero-order valence-corrected chi connectivity index (χ0v) is 16.6. The van der Waals surface area contributed by atoms with E-state index in [0.717, 1.165) is 39.4 Å². The summed E-state index contributed by atoms with van der Waals surface area (Å²) in [5.74, 6) is 1.85. The molecule has 4 N–H and O–H groups in total. The van der Waals surface area contributed by atoms with Crippen molar-refractivity contribution in [3.8, 4) is 0 Å². The number of nitrogens with two attached hydrogens (primary N) is 2. The molecule has 4 heteroatoms. The average molecular weight is 371 g/mol. The smallest absolute Gasteiger partial charge is 0.127 e. The molecule has 1 unspecified atom stereocenters. The van der Waals surface area contributed by atoms with Gasteiger partial charge in [-0.3, -0.25) is 0 Å². The Bertz CT molecular complexity index is 1160. The van der Waals surface area contributed by atoms with E-state index in [2.05, 4.69) is 67.1 Å². The first-order valence-electron chi connectivity index (χ1n) is 9.76. The molecule has 0 aliphatic rings. The second kappa shape index (κ2) is 7.12. The molecule has 0 fully saturated rings. The first-order chi connectivity index (χ1) is 13.4. The highest BCUT2D eigenvalue weighted by Crippen LogP contribution is 2.30. The van der Waals surface area contributed by atoms with Crippen molar-refractivity contribution in [2.75, 3.05) is 11.5 Å². The number of fused-ring (bicyclic) bond motifs is 2. The molecule has 1 atom stereocenters. The molecule has 2 heterocycles. The molecule has 0 aliphatic carbocycles. The fraction of sp³-hybridized carbons (Fsp3) is 0.250. The van der Waals surface area contributed by atoms with Gasteiger partial charge in [0.05, 0.1) is 11.0 Å². The van der Waals surface area contributed by atoms with E-state index in [1.807, 2.05) is 18.2 Å². The van der Waals surface area contributed by atoms with Crippen LogP contribution in [0.5, 0.6) is 0 Å². The van der Waals surface area contributed by atoms with Gasteiger partial charge in [0.25, 0.3) is 0 Å². The van der Waals surface area contributed by atoms with Crippen LogP contribution in [0, 0.1) is 0 Å². The zero-order valence-electron chi connectivity index (χ0n) is 16.6. The van der Waals surface area contributed by atoms with E-state index < -0.39 is 0 Å². The van der Waals surface area contributed by atoms with Gasteiger partial charge in [0.15, 0.2) is 0 Å². The van der Waals surface area contributed by atoms with Gasteiger partial charge in [-0.2, -0.15) is 0 Å². The Morgan fingerprint density at radius 2 is 1.39 bits per heavy atom. The van der Waals surface area contributed by atoms with E-state index >= 15 is 0 Å². The lowest BCUT2D eigenvalue weighted by atomic mass is 9.92. The number of anilines is 2. The van der Waals surface area contributed by atoms with Crippen LogP contribution in [0.15, 0.2) is 54.6 Å². The van der Waals surface area contributed by atoms with Gasteiger partial charge in [-0.15, -0.1) is 0 Å². The molecule has 4 rings (SSSR count). The van der Waals surface area contributed by atoms with E-state index in [-0.39, 0.29) is 5.92 Å². The molecular weight excluding hydrogens is 344 g/mol. The Kier molecular flexibility index (Phi) is 4.63. The monoisotopic (exact) mass is 370 g/mol. The zero-order chi connectivity index (χ0) is 19.8. The molecule has 0 spiro atoms. The largest absolute Gasteiger partial charge is 0.383 e. The summed E-state index contributed by atoms with van der Waals surface area (Å²) in [5, 5.41) is 2.26. The van der Waals surface area contributed by atoms with Crippen molar-refractivity contribution in [2.24, 2.45) is 0 Å². The molecular formula is C24H26N4. The summed E-state index contributed by atoms with van der Waals surface area (Å²) >= 11 is 0. The predicted octanol–water partition coefficient (Wildman–Crippen LogP) is 5.42. The lowest BCUT2D eigenvalue weighted by molar-refractivity contribution is 0.760. The Hall–Kier alpha value is -3.14. The van der Waals surface area contributed by atoms with Crippen LogP contribution in [0.25, 0.3) is 21.8 Å². The molecule has 0 bridgehead atoms. The molecule has 0 saturated carbocycles. The van der Waals surface area contributed by atoms with Gasteiger partial charge in [-0.1, -0.05) is 45.0 Å². The maximum atomic E-state index is 6.27. The third-order valence-corrected chi connectivity index (χ3v) is 5.42. The SMILES string of the molecule is CC(C)c1cc2cc(CC(C)c3cc4ccccc4nc3N)ccc2nc1N. The first kappa shape index (κ1) is 18.2. The molecule has 4 nitrogen and oxygen atoms in total. The van der Waals surface area contributed by atoms with Gasteiger partial charge >= 0.3 is 0 Å². The number of hydrogen-bond acceptors (Lipinski definition) is 4. The van der Waals surface area contributed by atoms with Crippen molar-refractivity contribution in [3.05, 3.63) is 71.3 Å². The highest BCUT2D eigenvalue weighted by molar-refractivity contribution is 5.83. The molecule has 28 heavy (non-hydrogen) atoms. The number of nitrogens with zero attached hydrogens (tertiary/aromatic N) is 2. The van der Waals surface area contributed by atoms with Gasteiger partial charge in [0, 0.05) is 10.8 Å². The van der Waals surface area contributed by atoms with Crippen molar-refractivity contribution in [1.29, 1.82) is 0 Å². The minimum Gasteiger partial charge on any atom is -0.383 e. The number of rotatable bonds is 4. The third-order valence-electron chi connectivity index (χ3n) is 5.42. The third kappa shape index (κ3) is 3.38. The second-order valence-corrected chi connectivity index (χ2v) is 7.91. The van der Waals surface area contributed by atoms with E-state index in [0.29, 0.717) is 17.6 Å². The summed E-state index contributed by atoms with van der Waals surface area (Å²) in [6.45, 7) is 6.48. The summed E-state index contributed by atoms with van der Waals surface area (Å²) < 4.78 is 0. The van der Waals surface area contributed by atoms with Crippen LogP contribution in [-0.4, -0.2) is 9.97 Å². The van der Waals surface area contributed by atoms with Crippen LogP contribution < -0.4 is 11.5 Å². The first-order valence-corrected chi connectivity index (χ1v) is 9.76. The molecule has 0 radical (unpaired) electrons. The Morgan fingerprint density at radius 1 is 0.750 bits per heavy atom. The topological polar surface area (TPSA) is 77.8 Å². The summed E-state index contributed by atoms with van der Waals surface area (Å²) in [6, 6.07) is 18.8. The van der Waals surface area contributed by atoms with Gasteiger partial charge in [-0.25, -0.2) is 9.97 Å². The highest BCUT2D eigenvalue weighted by atomic mass is 14.8. The maximum absolute atomic E-state index is 6.27. The number of para-hydroxylation sites is 1. The minimum atomic E-state index is 0.265. The summed E-state index contributed by atoms with van der Waals surface area (Å²) in [7, 11) is 0. The molecule has 0 saturated heterocycles. The van der Waals surface area contributed by atoms with Gasteiger partial charge in [0.1, 0.15) is 11.6 Å². The number of nitrogen functional groups attached to an aromatic ring is 2. The predicted molar refractivity (Wildman–Crippen MR) is 119 cm³/mol. The Morgan fingerprint density at radius 3 is 2.14 bits per heavy atom. The molecule has 4 aromatic rings. The van der Waals surface area contributed by atoms with E-state index in [9.17, 15) is 0 Å². The van der Waals surface area contributed by atoms with Crippen LogP contribution >= 0.6 is 0 Å². The molecule has 142 valence electrons. The van der Waals surface area contributed by atoms with E-state index in [4.69, 9.17) is 11.5 Å². The quantitative estimate of drug-likeness (QED) is 0.503. The molecule has 0 aliphatic heterocycles. The lowest BCUT2D eigenvalue weighted by Crippen LogP contribution is -2.05. The number of aromatic nitrogens is 2. The van der Waals surface area contributed by atoms with Gasteiger partial charge < -0.3 is 11.5 Å². The van der Waals surface area contributed by atoms with Gasteiger partial charge in [-0.05, 0) is 65.3 Å². The normalized spacial score (nSPS) is 12.7. The molecule has 2 aromatic carbocycles. The van der Waals surface area contributed by atoms with E-state index in [1.54, 1.807) is 0 Å². The average Bonchev–Trinajstić information content (AvgIpc) is 2.66. The maximum Gasteiger partial charge on any atom is 0.127 e. The summed E-state index contributed by atoms with van der Waals surface area (Å²) in [6.07, 6.45) is 0.890. The molecule has 0 amide bonds. The van der Waals surface area contributed by atoms with Crippen molar-refractivity contribution in [3.63, 3.8) is 0 Å². The van der Waals surface area contributed by atoms with Crippen molar-refractivity contribution < 1.29 is 0 Å². The van der Waals surface area contributed by atoms with E-state index in [1.165, 1.54) is 5.56 Å². The highest BCUT2D eigenvalue weighted by Gasteiger charge is 2.14.